The summed E-state index contributed by atoms with van der Waals surface area (Å²) in [5, 5.41) is 21.2. The van der Waals surface area contributed by atoms with Crippen LogP contribution in [-0.4, -0.2) is 22.1 Å². The molecule has 1 aromatic rings. The zero-order valence-corrected chi connectivity index (χ0v) is 10.0. The third-order valence-electron chi connectivity index (χ3n) is 3.27. The molecule has 0 heterocycles. The van der Waals surface area contributed by atoms with Crippen LogP contribution < -0.4 is 5.32 Å². The quantitative estimate of drug-likeness (QED) is 0.713. The monoisotopic (exact) mass is 249 g/mol. The number of aromatic hydroxyl groups is 1. The van der Waals surface area contributed by atoms with Gasteiger partial charge in [-0.2, -0.15) is 0 Å². The highest BCUT2D eigenvalue weighted by Crippen LogP contribution is 2.37. The molecule has 1 aliphatic carbocycles. The Morgan fingerprint density at radius 2 is 2.06 bits per heavy atom. The normalized spacial score (nSPS) is 16.1. The minimum Gasteiger partial charge on any atom is -0.505 e. The van der Waals surface area contributed by atoms with Gasteiger partial charge in [0.05, 0.1) is 5.69 Å². The van der Waals surface area contributed by atoms with Gasteiger partial charge in [-0.15, -0.1) is 0 Å². The van der Waals surface area contributed by atoms with Crippen molar-refractivity contribution in [2.45, 2.75) is 19.8 Å². The molecule has 96 valence electrons. The number of anilines is 1. The average Bonchev–Trinajstić information content (AvgIpc) is 3.14. The first-order valence-corrected chi connectivity index (χ1v) is 5.87. The first kappa shape index (κ1) is 12.4. The number of rotatable bonds is 4. The molecule has 0 radical (unpaired) electrons. The number of para-hydroxylation sites is 1. The van der Waals surface area contributed by atoms with Crippen LogP contribution in [-0.2, 0) is 4.79 Å². The number of benzene rings is 1. The van der Waals surface area contributed by atoms with E-state index in [9.17, 15) is 14.7 Å². The molecule has 0 spiro atoms. The van der Waals surface area contributed by atoms with Crippen LogP contribution in [0.1, 0.15) is 30.1 Å². The number of carboxylic acid groups (broad SMARTS) is 1. The van der Waals surface area contributed by atoms with Gasteiger partial charge >= 0.3 is 5.97 Å². The lowest BCUT2D eigenvalue weighted by Crippen LogP contribution is -2.22. The van der Waals surface area contributed by atoms with E-state index in [2.05, 4.69) is 5.32 Å². The topological polar surface area (TPSA) is 86.6 Å². The highest BCUT2D eigenvalue weighted by atomic mass is 16.4. The summed E-state index contributed by atoms with van der Waals surface area (Å²) in [4.78, 5) is 22.7. The van der Waals surface area contributed by atoms with E-state index >= 15 is 0 Å². The molecule has 2 rings (SSSR count). The van der Waals surface area contributed by atoms with Gasteiger partial charge < -0.3 is 15.5 Å². The minimum atomic E-state index is -1.22. The Hall–Kier alpha value is -2.04. The van der Waals surface area contributed by atoms with Crippen molar-refractivity contribution in [2.24, 2.45) is 11.8 Å². The molecule has 0 aromatic heterocycles. The smallest absolute Gasteiger partial charge is 0.339 e. The van der Waals surface area contributed by atoms with E-state index < -0.39 is 11.7 Å². The molecule has 0 bridgehead atoms. The van der Waals surface area contributed by atoms with Crippen LogP contribution in [0, 0.1) is 11.8 Å². The molecular weight excluding hydrogens is 234 g/mol. The second-order valence-electron chi connectivity index (χ2n) is 4.62. The zero-order valence-electron chi connectivity index (χ0n) is 10.0. The zero-order chi connectivity index (χ0) is 13.3. The standard InChI is InChI=1S/C13H15NO4/c1-7(8-5-6-8)12(16)14-10-4-2-3-9(11(10)15)13(17)18/h2-4,7-8,15H,5-6H2,1H3,(H,14,16)(H,17,18). The summed E-state index contributed by atoms with van der Waals surface area (Å²) in [6.07, 6.45) is 2.10. The number of hydrogen-bond acceptors (Lipinski definition) is 3. The van der Waals surface area contributed by atoms with Crippen LogP contribution >= 0.6 is 0 Å². The first-order chi connectivity index (χ1) is 8.50. The van der Waals surface area contributed by atoms with E-state index in [-0.39, 0.29) is 23.1 Å². The Morgan fingerprint density at radius 1 is 1.39 bits per heavy atom. The van der Waals surface area contributed by atoms with E-state index in [1.807, 2.05) is 6.92 Å². The van der Waals surface area contributed by atoms with Crippen LogP contribution in [0.4, 0.5) is 5.69 Å². The lowest BCUT2D eigenvalue weighted by Gasteiger charge is -2.13. The van der Waals surface area contributed by atoms with Crippen LogP contribution in [0.5, 0.6) is 5.75 Å². The second kappa shape index (κ2) is 4.68. The summed E-state index contributed by atoms with van der Waals surface area (Å²) in [5.41, 5.74) is -0.0701. The molecule has 1 unspecified atom stereocenters. The highest BCUT2D eigenvalue weighted by Gasteiger charge is 2.32. The summed E-state index contributed by atoms with van der Waals surface area (Å²) < 4.78 is 0. The maximum Gasteiger partial charge on any atom is 0.339 e. The number of hydrogen-bond donors (Lipinski definition) is 3. The largest absolute Gasteiger partial charge is 0.505 e. The van der Waals surface area contributed by atoms with E-state index in [0.29, 0.717) is 5.92 Å². The van der Waals surface area contributed by atoms with Crippen LogP contribution in [0.2, 0.25) is 0 Å². The molecule has 1 fully saturated rings. The number of amides is 1. The third kappa shape index (κ3) is 2.45. The van der Waals surface area contributed by atoms with Crippen molar-refractivity contribution in [3.8, 4) is 5.75 Å². The maximum absolute atomic E-state index is 11.9. The molecule has 1 amide bonds. The number of nitrogens with one attached hydrogen (secondary N) is 1. The van der Waals surface area contributed by atoms with E-state index in [4.69, 9.17) is 5.11 Å². The lowest BCUT2D eigenvalue weighted by molar-refractivity contribution is -0.119. The summed E-state index contributed by atoms with van der Waals surface area (Å²) in [7, 11) is 0. The van der Waals surface area contributed by atoms with E-state index in [1.54, 1.807) is 0 Å². The number of carbonyl (C=O) groups excluding carboxylic acids is 1. The average molecular weight is 249 g/mol. The van der Waals surface area contributed by atoms with Gasteiger partial charge in [-0.3, -0.25) is 4.79 Å². The fourth-order valence-electron chi connectivity index (χ4n) is 1.87. The molecular formula is C13H15NO4. The van der Waals surface area contributed by atoms with Gasteiger partial charge in [0.25, 0.3) is 0 Å². The summed E-state index contributed by atoms with van der Waals surface area (Å²) in [5.74, 6) is -1.51. The van der Waals surface area contributed by atoms with Crippen molar-refractivity contribution < 1.29 is 19.8 Å². The molecule has 1 aliphatic rings. The maximum atomic E-state index is 11.9. The molecule has 5 nitrogen and oxygen atoms in total. The Labute approximate surface area is 104 Å². The van der Waals surface area contributed by atoms with Gasteiger partial charge in [0.1, 0.15) is 5.56 Å². The van der Waals surface area contributed by atoms with Crippen molar-refractivity contribution in [1.82, 2.24) is 0 Å². The molecule has 1 atom stereocenters. The predicted octanol–water partition coefficient (Wildman–Crippen LogP) is 2.07. The van der Waals surface area contributed by atoms with Crippen molar-refractivity contribution in [3.63, 3.8) is 0 Å². The van der Waals surface area contributed by atoms with Crippen molar-refractivity contribution in [1.29, 1.82) is 0 Å². The van der Waals surface area contributed by atoms with Crippen molar-refractivity contribution in [2.75, 3.05) is 5.32 Å². The molecule has 3 N–H and O–H groups in total. The molecule has 1 aromatic carbocycles. The van der Waals surface area contributed by atoms with E-state index in [1.165, 1.54) is 18.2 Å². The molecule has 18 heavy (non-hydrogen) atoms. The Morgan fingerprint density at radius 3 is 2.61 bits per heavy atom. The number of carboxylic acids is 1. The Balaban J connectivity index is 2.16. The summed E-state index contributed by atoms with van der Waals surface area (Å²) in [6, 6.07) is 4.26. The van der Waals surface area contributed by atoms with Crippen LogP contribution in [0.3, 0.4) is 0 Å². The third-order valence-corrected chi connectivity index (χ3v) is 3.27. The fourth-order valence-corrected chi connectivity index (χ4v) is 1.87. The van der Waals surface area contributed by atoms with Gasteiger partial charge in [-0.25, -0.2) is 4.79 Å². The Bertz CT molecular complexity index is 494. The van der Waals surface area contributed by atoms with Crippen molar-refractivity contribution >= 4 is 17.6 Å². The lowest BCUT2D eigenvalue weighted by atomic mass is 10.1. The van der Waals surface area contributed by atoms with E-state index in [0.717, 1.165) is 12.8 Å². The number of aromatic carboxylic acids is 1. The highest BCUT2D eigenvalue weighted by molar-refractivity contribution is 5.98. The summed E-state index contributed by atoms with van der Waals surface area (Å²) >= 11 is 0. The molecule has 1 saturated carbocycles. The minimum absolute atomic E-state index is 0.113. The predicted molar refractivity (Wildman–Crippen MR) is 65.6 cm³/mol. The number of phenols is 1. The van der Waals surface area contributed by atoms with Crippen LogP contribution in [0.25, 0.3) is 0 Å². The van der Waals surface area contributed by atoms with Gasteiger partial charge in [0.2, 0.25) is 5.91 Å². The van der Waals surface area contributed by atoms with Gasteiger partial charge in [0, 0.05) is 5.92 Å². The van der Waals surface area contributed by atoms with Gasteiger partial charge in [-0.1, -0.05) is 13.0 Å². The first-order valence-electron chi connectivity index (χ1n) is 5.87. The molecule has 5 heteroatoms. The van der Waals surface area contributed by atoms with Crippen LogP contribution in [0.15, 0.2) is 18.2 Å². The van der Waals surface area contributed by atoms with Gasteiger partial charge in [0.15, 0.2) is 5.75 Å². The second-order valence-corrected chi connectivity index (χ2v) is 4.62. The summed E-state index contributed by atoms with van der Waals surface area (Å²) in [6.45, 7) is 1.84. The molecule has 0 saturated heterocycles. The molecule has 0 aliphatic heterocycles. The SMILES string of the molecule is CC(C(=O)Nc1cccc(C(=O)O)c1O)C1CC1. The Kier molecular flexibility index (Phi) is 3.23. The fraction of sp³-hybridized carbons (Fsp3) is 0.385. The van der Waals surface area contributed by atoms with Crippen molar-refractivity contribution in [3.05, 3.63) is 23.8 Å². The number of carbonyl (C=O) groups is 2. The van der Waals surface area contributed by atoms with Gasteiger partial charge in [-0.05, 0) is 30.9 Å².